The zero-order chi connectivity index (χ0) is 18.7. The summed E-state index contributed by atoms with van der Waals surface area (Å²) in [5, 5.41) is 6.33. The fourth-order valence-corrected chi connectivity index (χ4v) is 2.85. The Kier molecular flexibility index (Phi) is 4.84. The number of hydrogen-bond donors (Lipinski definition) is 2. The number of carbonyl (C=O) groups excluding carboxylic acids is 3. The number of ketones is 1. The predicted octanol–water partition coefficient (Wildman–Crippen LogP) is 3.44. The number of aromatic nitrogens is 1. The number of nitrogens with zero attached hydrogens (tertiary/aromatic N) is 1. The summed E-state index contributed by atoms with van der Waals surface area (Å²) < 4.78 is 1.77. The molecule has 0 saturated carbocycles. The van der Waals surface area contributed by atoms with E-state index in [2.05, 4.69) is 10.6 Å². The molecule has 1 aromatic heterocycles. The monoisotopic (exact) mass is 349 g/mol. The van der Waals surface area contributed by atoms with Gasteiger partial charge >= 0.3 is 0 Å². The van der Waals surface area contributed by atoms with E-state index >= 15 is 0 Å². The summed E-state index contributed by atoms with van der Waals surface area (Å²) in [6.07, 6.45) is 1.71. The fourth-order valence-electron chi connectivity index (χ4n) is 2.85. The van der Waals surface area contributed by atoms with Gasteiger partial charge in [-0.05, 0) is 37.3 Å². The van der Waals surface area contributed by atoms with E-state index in [1.807, 2.05) is 24.3 Å². The maximum Gasteiger partial charge on any atom is 0.244 e. The van der Waals surface area contributed by atoms with Gasteiger partial charge in [-0.15, -0.1) is 0 Å². The molecule has 0 unspecified atom stereocenters. The first-order chi connectivity index (χ1) is 12.4. The zero-order valence-electron chi connectivity index (χ0n) is 14.6. The van der Waals surface area contributed by atoms with Crippen molar-refractivity contribution in [1.82, 2.24) is 4.57 Å². The van der Waals surface area contributed by atoms with Gasteiger partial charge in [-0.3, -0.25) is 14.4 Å². The molecule has 0 radical (unpaired) electrons. The highest BCUT2D eigenvalue weighted by molar-refractivity contribution is 6.07. The van der Waals surface area contributed by atoms with Gasteiger partial charge in [0.05, 0.1) is 0 Å². The van der Waals surface area contributed by atoms with Crippen LogP contribution < -0.4 is 10.6 Å². The minimum absolute atomic E-state index is 0.0334. The van der Waals surface area contributed by atoms with Crippen LogP contribution in [-0.2, 0) is 16.1 Å². The van der Waals surface area contributed by atoms with E-state index in [1.54, 1.807) is 35.0 Å². The van der Waals surface area contributed by atoms with Crippen molar-refractivity contribution in [2.75, 3.05) is 10.6 Å². The van der Waals surface area contributed by atoms with Crippen LogP contribution >= 0.6 is 0 Å². The van der Waals surface area contributed by atoms with Crippen LogP contribution in [0.25, 0.3) is 10.9 Å². The standard InChI is InChI=1S/C20H19N3O3/c1-13(24)18-11-23(19-6-4-3-5-17(18)19)12-20(26)22-16-9-7-15(8-10-16)21-14(2)25/h3-11H,12H2,1-2H3,(H,21,25)(H,22,26). The van der Waals surface area contributed by atoms with Crippen molar-refractivity contribution in [2.45, 2.75) is 20.4 Å². The number of para-hydroxylation sites is 1. The summed E-state index contributed by atoms with van der Waals surface area (Å²) in [4.78, 5) is 35.2. The summed E-state index contributed by atoms with van der Waals surface area (Å²) in [6.45, 7) is 3.05. The van der Waals surface area contributed by atoms with Gasteiger partial charge in [-0.1, -0.05) is 18.2 Å². The molecule has 1 heterocycles. The van der Waals surface area contributed by atoms with Crippen LogP contribution in [0.3, 0.4) is 0 Å². The second kappa shape index (κ2) is 7.23. The number of fused-ring (bicyclic) bond motifs is 1. The molecule has 0 fully saturated rings. The maximum absolute atomic E-state index is 12.4. The van der Waals surface area contributed by atoms with Gasteiger partial charge < -0.3 is 15.2 Å². The van der Waals surface area contributed by atoms with Crippen LogP contribution in [0.15, 0.2) is 54.7 Å². The first-order valence-corrected chi connectivity index (χ1v) is 8.20. The Bertz CT molecular complexity index is 987. The summed E-state index contributed by atoms with van der Waals surface area (Å²) >= 11 is 0. The van der Waals surface area contributed by atoms with Crippen molar-refractivity contribution < 1.29 is 14.4 Å². The SMILES string of the molecule is CC(=O)Nc1ccc(NC(=O)Cn2cc(C(C)=O)c3ccccc32)cc1. The van der Waals surface area contributed by atoms with Gasteiger partial charge in [0.25, 0.3) is 0 Å². The summed E-state index contributed by atoms with van der Waals surface area (Å²) in [7, 11) is 0. The number of Topliss-reactive ketones (excluding diaryl/α,β-unsaturated/α-hetero) is 1. The van der Waals surface area contributed by atoms with Crippen LogP contribution in [0.4, 0.5) is 11.4 Å². The third-order valence-electron chi connectivity index (χ3n) is 3.97. The molecule has 0 aliphatic rings. The lowest BCUT2D eigenvalue weighted by Crippen LogP contribution is -2.18. The number of anilines is 2. The minimum Gasteiger partial charge on any atom is -0.337 e. The molecule has 0 aliphatic carbocycles. The molecule has 2 N–H and O–H groups in total. The lowest BCUT2D eigenvalue weighted by Gasteiger charge is -2.08. The molecule has 0 spiro atoms. The molecule has 2 aromatic carbocycles. The molecule has 3 aromatic rings. The first-order valence-electron chi connectivity index (χ1n) is 8.20. The van der Waals surface area contributed by atoms with E-state index in [4.69, 9.17) is 0 Å². The third kappa shape index (κ3) is 3.80. The Morgan fingerprint density at radius 3 is 2.12 bits per heavy atom. The van der Waals surface area contributed by atoms with Crippen molar-refractivity contribution in [2.24, 2.45) is 0 Å². The molecule has 132 valence electrons. The Hall–Kier alpha value is -3.41. The minimum atomic E-state index is -0.201. The number of carbonyl (C=O) groups is 3. The lowest BCUT2D eigenvalue weighted by atomic mass is 10.1. The van der Waals surface area contributed by atoms with Crippen molar-refractivity contribution in [1.29, 1.82) is 0 Å². The van der Waals surface area contributed by atoms with E-state index in [1.165, 1.54) is 13.8 Å². The van der Waals surface area contributed by atoms with Crippen LogP contribution in [-0.4, -0.2) is 22.2 Å². The van der Waals surface area contributed by atoms with Gasteiger partial charge in [0.1, 0.15) is 6.54 Å². The summed E-state index contributed by atoms with van der Waals surface area (Å²) in [5.74, 6) is -0.385. The summed E-state index contributed by atoms with van der Waals surface area (Å²) in [5.41, 5.74) is 2.74. The van der Waals surface area contributed by atoms with E-state index < -0.39 is 0 Å². The largest absolute Gasteiger partial charge is 0.337 e. The Balaban J connectivity index is 1.75. The number of nitrogens with one attached hydrogen (secondary N) is 2. The van der Waals surface area contributed by atoms with Gasteiger partial charge in [0.15, 0.2) is 5.78 Å². The first kappa shape index (κ1) is 17.4. The molecular formula is C20H19N3O3. The average molecular weight is 349 g/mol. The Morgan fingerprint density at radius 2 is 1.50 bits per heavy atom. The van der Waals surface area contributed by atoms with E-state index in [0.717, 1.165) is 10.9 Å². The van der Waals surface area contributed by atoms with Crippen molar-refractivity contribution >= 4 is 39.9 Å². The van der Waals surface area contributed by atoms with Crippen LogP contribution in [0.5, 0.6) is 0 Å². The predicted molar refractivity (Wildman–Crippen MR) is 101 cm³/mol. The lowest BCUT2D eigenvalue weighted by molar-refractivity contribution is -0.116. The molecule has 26 heavy (non-hydrogen) atoms. The van der Waals surface area contributed by atoms with Crippen molar-refractivity contribution in [3.05, 3.63) is 60.3 Å². The second-order valence-corrected chi connectivity index (χ2v) is 6.05. The third-order valence-corrected chi connectivity index (χ3v) is 3.97. The smallest absolute Gasteiger partial charge is 0.244 e. The highest BCUT2D eigenvalue weighted by Crippen LogP contribution is 2.22. The molecule has 6 heteroatoms. The summed E-state index contributed by atoms with van der Waals surface area (Å²) in [6, 6.07) is 14.4. The van der Waals surface area contributed by atoms with Gasteiger partial charge in [-0.25, -0.2) is 0 Å². The van der Waals surface area contributed by atoms with Crippen molar-refractivity contribution in [3.8, 4) is 0 Å². The van der Waals surface area contributed by atoms with Crippen molar-refractivity contribution in [3.63, 3.8) is 0 Å². The molecule has 6 nitrogen and oxygen atoms in total. The molecule has 3 rings (SSSR count). The van der Waals surface area contributed by atoms with Crippen LogP contribution in [0.1, 0.15) is 24.2 Å². The van der Waals surface area contributed by atoms with Gasteiger partial charge in [0, 0.05) is 41.0 Å². The fraction of sp³-hybridized carbons (Fsp3) is 0.150. The Morgan fingerprint density at radius 1 is 0.885 bits per heavy atom. The molecule has 0 aliphatic heterocycles. The van der Waals surface area contributed by atoms with Gasteiger partial charge in [0.2, 0.25) is 11.8 Å². The number of benzene rings is 2. The normalized spacial score (nSPS) is 10.5. The molecule has 0 atom stereocenters. The highest BCUT2D eigenvalue weighted by atomic mass is 16.2. The maximum atomic E-state index is 12.4. The number of hydrogen-bond acceptors (Lipinski definition) is 3. The van der Waals surface area contributed by atoms with Crippen LogP contribution in [0.2, 0.25) is 0 Å². The average Bonchev–Trinajstić information content (AvgIpc) is 2.95. The van der Waals surface area contributed by atoms with Gasteiger partial charge in [-0.2, -0.15) is 0 Å². The molecular weight excluding hydrogens is 330 g/mol. The second-order valence-electron chi connectivity index (χ2n) is 6.05. The van der Waals surface area contributed by atoms with E-state index in [0.29, 0.717) is 16.9 Å². The zero-order valence-corrected chi connectivity index (χ0v) is 14.6. The van der Waals surface area contributed by atoms with E-state index in [-0.39, 0.29) is 24.1 Å². The topological polar surface area (TPSA) is 80.2 Å². The number of amides is 2. The van der Waals surface area contributed by atoms with Crippen LogP contribution in [0, 0.1) is 0 Å². The number of rotatable bonds is 5. The molecule has 0 bridgehead atoms. The molecule has 2 amide bonds. The van der Waals surface area contributed by atoms with E-state index in [9.17, 15) is 14.4 Å². The Labute approximate surface area is 150 Å². The highest BCUT2D eigenvalue weighted by Gasteiger charge is 2.13. The quantitative estimate of drug-likeness (QED) is 0.693. The molecule has 0 saturated heterocycles.